The van der Waals surface area contributed by atoms with Crippen LogP contribution in [-0.2, 0) is 11.8 Å². The van der Waals surface area contributed by atoms with Gasteiger partial charge in [-0.05, 0) is 29.0 Å². The van der Waals surface area contributed by atoms with Gasteiger partial charge >= 0.3 is 0 Å². The Kier molecular flexibility index (Phi) is 4.43. The first-order chi connectivity index (χ1) is 9.91. The van der Waals surface area contributed by atoms with Crippen molar-refractivity contribution in [3.63, 3.8) is 0 Å². The molecule has 0 radical (unpaired) electrons. The Balaban J connectivity index is 2.21. The summed E-state index contributed by atoms with van der Waals surface area (Å²) in [6, 6.07) is 17.0. The molecule has 2 rings (SSSR count). The third kappa shape index (κ3) is 3.70. The molecule has 1 nitrogen and oxygen atoms in total. The third-order valence-electron chi connectivity index (χ3n) is 3.70. The molecule has 0 saturated heterocycles. The van der Waals surface area contributed by atoms with E-state index in [9.17, 15) is 9.65 Å². The molecule has 0 bridgehead atoms. The number of rotatable bonds is 3. The first kappa shape index (κ1) is 15.3. The van der Waals surface area contributed by atoms with E-state index >= 15 is 0 Å². The Labute approximate surface area is 126 Å². The van der Waals surface area contributed by atoms with Crippen LogP contribution in [0.2, 0.25) is 0 Å². The van der Waals surface area contributed by atoms with Crippen molar-refractivity contribution in [2.24, 2.45) is 0 Å². The van der Waals surface area contributed by atoms with Gasteiger partial charge in [-0.3, -0.25) is 0 Å². The maximum Gasteiger partial charge on any atom is 0.127 e. The lowest BCUT2D eigenvalue weighted by molar-refractivity contribution is 0.589. The quantitative estimate of drug-likeness (QED) is 0.779. The average Bonchev–Trinajstić information content (AvgIpc) is 2.45. The Hall–Kier alpha value is -2.14. The molecular formula is C19H20FN. The van der Waals surface area contributed by atoms with Gasteiger partial charge in [-0.1, -0.05) is 63.2 Å². The second-order valence-electron chi connectivity index (χ2n) is 6.35. The molecule has 0 amide bonds. The molecule has 0 aliphatic carbocycles. The molecule has 0 spiro atoms. The summed E-state index contributed by atoms with van der Waals surface area (Å²) < 4.78 is 13.8. The molecule has 0 N–H and O–H groups in total. The van der Waals surface area contributed by atoms with Crippen LogP contribution in [0.1, 0.15) is 43.4 Å². The molecule has 21 heavy (non-hydrogen) atoms. The Morgan fingerprint density at radius 2 is 1.67 bits per heavy atom. The van der Waals surface area contributed by atoms with Crippen molar-refractivity contribution in [2.45, 2.75) is 38.5 Å². The van der Waals surface area contributed by atoms with Crippen molar-refractivity contribution in [3.05, 3.63) is 71.0 Å². The molecule has 2 heteroatoms. The highest BCUT2D eigenvalue weighted by Gasteiger charge is 2.17. The van der Waals surface area contributed by atoms with E-state index in [1.807, 2.05) is 12.1 Å². The number of halogens is 1. The highest BCUT2D eigenvalue weighted by Crippen LogP contribution is 2.26. The van der Waals surface area contributed by atoms with Crippen LogP contribution in [-0.4, -0.2) is 0 Å². The molecule has 0 fully saturated rings. The molecule has 0 aromatic heterocycles. The first-order valence-electron chi connectivity index (χ1n) is 7.15. The minimum Gasteiger partial charge on any atom is -0.207 e. The predicted octanol–water partition coefficient (Wildman–Crippen LogP) is 4.97. The second-order valence-corrected chi connectivity index (χ2v) is 6.35. The lowest BCUT2D eigenvalue weighted by atomic mass is 9.85. The minimum absolute atomic E-state index is 0.110. The Morgan fingerprint density at radius 1 is 1.05 bits per heavy atom. The van der Waals surface area contributed by atoms with E-state index < -0.39 is 5.92 Å². The van der Waals surface area contributed by atoms with E-state index in [-0.39, 0.29) is 11.2 Å². The fourth-order valence-corrected chi connectivity index (χ4v) is 2.36. The molecule has 1 unspecified atom stereocenters. The smallest absolute Gasteiger partial charge is 0.127 e. The van der Waals surface area contributed by atoms with E-state index in [0.717, 1.165) is 5.56 Å². The van der Waals surface area contributed by atoms with Crippen molar-refractivity contribution >= 4 is 0 Å². The number of nitrogens with zero attached hydrogens (tertiary/aromatic N) is 1. The van der Waals surface area contributed by atoms with E-state index in [2.05, 4.69) is 39.0 Å². The van der Waals surface area contributed by atoms with Crippen LogP contribution in [0.4, 0.5) is 4.39 Å². The zero-order valence-corrected chi connectivity index (χ0v) is 12.7. The molecule has 0 aliphatic rings. The molecule has 2 aromatic carbocycles. The number of hydrogen-bond acceptors (Lipinski definition) is 1. The maximum absolute atomic E-state index is 13.8. The maximum atomic E-state index is 13.8. The van der Waals surface area contributed by atoms with Crippen LogP contribution in [0.25, 0.3) is 0 Å². The average molecular weight is 281 g/mol. The predicted molar refractivity (Wildman–Crippen MR) is 83.6 cm³/mol. The van der Waals surface area contributed by atoms with Gasteiger partial charge in [0.25, 0.3) is 0 Å². The summed E-state index contributed by atoms with van der Waals surface area (Å²) in [5.41, 5.74) is 2.89. The highest BCUT2D eigenvalue weighted by atomic mass is 19.1. The Morgan fingerprint density at radius 3 is 2.19 bits per heavy atom. The summed E-state index contributed by atoms with van der Waals surface area (Å²) >= 11 is 0. The van der Waals surface area contributed by atoms with Gasteiger partial charge in [0.15, 0.2) is 0 Å². The lowest BCUT2D eigenvalue weighted by Crippen LogP contribution is -2.11. The van der Waals surface area contributed by atoms with E-state index in [4.69, 9.17) is 0 Å². The largest absolute Gasteiger partial charge is 0.207 e. The summed E-state index contributed by atoms with van der Waals surface area (Å²) in [6.45, 7) is 6.50. The van der Waals surface area contributed by atoms with E-state index in [1.165, 1.54) is 11.6 Å². The number of nitriles is 1. The van der Waals surface area contributed by atoms with Crippen molar-refractivity contribution in [2.75, 3.05) is 0 Å². The standard InChI is InChI=1S/C19H20FN/c1-19(2,3)16-10-8-14(9-11-16)12-15(13-21)17-6-4-5-7-18(17)20/h4-11,15H,12H2,1-3H3. The fraction of sp³-hybridized carbons (Fsp3) is 0.316. The fourth-order valence-electron chi connectivity index (χ4n) is 2.36. The lowest BCUT2D eigenvalue weighted by Gasteiger charge is -2.19. The van der Waals surface area contributed by atoms with Gasteiger partial charge in [0.05, 0.1) is 12.0 Å². The van der Waals surface area contributed by atoms with Crippen LogP contribution in [0.3, 0.4) is 0 Å². The summed E-state index contributed by atoms with van der Waals surface area (Å²) in [6.07, 6.45) is 0.530. The SMILES string of the molecule is CC(C)(C)c1ccc(CC(C#N)c2ccccc2F)cc1. The molecule has 0 heterocycles. The molecule has 2 aromatic rings. The molecule has 1 atom stereocenters. The van der Waals surface area contributed by atoms with Gasteiger partial charge < -0.3 is 0 Å². The van der Waals surface area contributed by atoms with Crippen molar-refractivity contribution in [1.29, 1.82) is 5.26 Å². The van der Waals surface area contributed by atoms with E-state index in [1.54, 1.807) is 18.2 Å². The number of hydrogen-bond donors (Lipinski definition) is 0. The van der Waals surface area contributed by atoms with Crippen LogP contribution >= 0.6 is 0 Å². The minimum atomic E-state index is -0.452. The van der Waals surface area contributed by atoms with Gasteiger partial charge in [-0.25, -0.2) is 4.39 Å². The van der Waals surface area contributed by atoms with Gasteiger partial charge in [0.2, 0.25) is 0 Å². The van der Waals surface area contributed by atoms with E-state index in [0.29, 0.717) is 12.0 Å². The van der Waals surface area contributed by atoms with Gasteiger partial charge in [-0.15, -0.1) is 0 Å². The third-order valence-corrected chi connectivity index (χ3v) is 3.70. The summed E-state index contributed by atoms with van der Waals surface area (Å²) in [5, 5.41) is 9.33. The van der Waals surface area contributed by atoms with Crippen LogP contribution < -0.4 is 0 Å². The summed E-state index contributed by atoms with van der Waals surface area (Å²) in [7, 11) is 0. The molecular weight excluding hydrogens is 261 g/mol. The van der Waals surface area contributed by atoms with Crippen LogP contribution in [0.15, 0.2) is 48.5 Å². The molecule has 0 aliphatic heterocycles. The van der Waals surface area contributed by atoms with Crippen molar-refractivity contribution < 1.29 is 4.39 Å². The van der Waals surface area contributed by atoms with Gasteiger partial charge in [0, 0.05) is 5.56 Å². The van der Waals surface area contributed by atoms with Crippen molar-refractivity contribution in [1.82, 2.24) is 0 Å². The topological polar surface area (TPSA) is 23.8 Å². The molecule has 108 valence electrons. The van der Waals surface area contributed by atoms with Crippen LogP contribution in [0.5, 0.6) is 0 Å². The zero-order chi connectivity index (χ0) is 15.5. The summed E-state index contributed by atoms with van der Waals surface area (Å²) in [4.78, 5) is 0. The summed E-state index contributed by atoms with van der Waals surface area (Å²) in [5.74, 6) is -0.762. The van der Waals surface area contributed by atoms with Gasteiger partial charge in [0.1, 0.15) is 5.82 Å². The van der Waals surface area contributed by atoms with Crippen molar-refractivity contribution in [3.8, 4) is 6.07 Å². The monoisotopic (exact) mass is 281 g/mol. The molecule has 0 saturated carbocycles. The zero-order valence-electron chi connectivity index (χ0n) is 12.7. The first-order valence-corrected chi connectivity index (χ1v) is 7.15. The normalized spacial score (nSPS) is 12.7. The second kappa shape index (κ2) is 6.10. The van der Waals surface area contributed by atoms with Gasteiger partial charge in [-0.2, -0.15) is 5.26 Å². The number of benzene rings is 2. The Bertz CT molecular complexity index is 645. The van der Waals surface area contributed by atoms with Crippen LogP contribution in [0, 0.1) is 17.1 Å². The highest BCUT2D eigenvalue weighted by molar-refractivity contribution is 5.32.